The first-order valence-corrected chi connectivity index (χ1v) is 11.5. The van der Waals surface area contributed by atoms with Crippen LogP contribution in [0, 0.1) is 0 Å². The number of nitrogens with zero attached hydrogens (tertiary/aromatic N) is 6. The fourth-order valence-corrected chi connectivity index (χ4v) is 3.97. The van der Waals surface area contributed by atoms with Crippen molar-refractivity contribution in [3.8, 4) is 17.2 Å². The standard InChI is InChI=1S/C24H27ClN6O3/c1-3-15-34-23-20(25)16-18(17-21(23)33-2)9-10-22(32)29-11-13-30(14-12-29)24-26-27-28-31(24)19-7-5-4-6-8-19/h4-10,16-17H,3,11-15H2,1-2H3/b10-9+. The Morgan fingerprint density at radius 1 is 1.15 bits per heavy atom. The minimum Gasteiger partial charge on any atom is -0.493 e. The van der Waals surface area contributed by atoms with Gasteiger partial charge in [0, 0.05) is 32.3 Å². The number of hydrogen-bond acceptors (Lipinski definition) is 7. The molecule has 1 aliphatic rings. The van der Waals surface area contributed by atoms with Gasteiger partial charge in [0.2, 0.25) is 11.9 Å². The SMILES string of the molecule is CCCOc1c(Cl)cc(/C=C/C(=O)N2CCN(c3nnnn3-c3ccccc3)CC2)cc1OC. The lowest BCUT2D eigenvalue weighted by Gasteiger charge is -2.34. The summed E-state index contributed by atoms with van der Waals surface area (Å²) in [7, 11) is 1.57. The number of amides is 1. The van der Waals surface area contributed by atoms with Crippen molar-refractivity contribution in [2.24, 2.45) is 0 Å². The molecule has 0 spiro atoms. The van der Waals surface area contributed by atoms with Crippen molar-refractivity contribution >= 4 is 29.5 Å². The molecule has 1 fully saturated rings. The fraction of sp³-hybridized carbons (Fsp3) is 0.333. The van der Waals surface area contributed by atoms with E-state index in [2.05, 4.69) is 20.4 Å². The zero-order chi connectivity index (χ0) is 23.9. The van der Waals surface area contributed by atoms with E-state index in [0.717, 1.165) is 17.7 Å². The third-order valence-corrected chi connectivity index (χ3v) is 5.73. The molecule has 1 amide bonds. The molecular formula is C24H27ClN6O3. The summed E-state index contributed by atoms with van der Waals surface area (Å²) in [6.07, 6.45) is 4.16. The number of ether oxygens (including phenoxy) is 2. The number of aromatic nitrogens is 4. The highest BCUT2D eigenvalue weighted by atomic mass is 35.5. The molecule has 0 unspecified atom stereocenters. The molecule has 0 bridgehead atoms. The molecule has 0 atom stereocenters. The highest BCUT2D eigenvalue weighted by Gasteiger charge is 2.24. The first kappa shape index (κ1) is 23.6. The minimum atomic E-state index is -0.0660. The highest BCUT2D eigenvalue weighted by molar-refractivity contribution is 6.32. The monoisotopic (exact) mass is 482 g/mol. The second-order valence-corrected chi connectivity index (χ2v) is 8.16. The van der Waals surface area contributed by atoms with E-state index in [1.165, 1.54) is 0 Å². The van der Waals surface area contributed by atoms with Crippen LogP contribution in [0.2, 0.25) is 5.02 Å². The molecule has 0 aliphatic carbocycles. The Kier molecular flexibility index (Phi) is 7.64. The van der Waals surface area contributed by atoms with E-state index in [-0.39, 0.29) is 5.91 Å². The van der Waals surface area contributed by atoms with Crippen LogP contribution < -0.4 is 14.4 Å². The number of tetrazole rings is 1. The summed E-state index contributed by atoms with van der Waals surface area (Å²) in [4.78, 5) is 16.7. The number of carbonyl (C=O) groups is 1. The maximum atomic E-state index is 12.8. The third kappa shape index (κ3) is 5.31. The lowest BCUT2D eigenvalue weighted by molar-refractivity contribution is -0.126. The zero-order valence-electron chi connectivity index (χ0n) is 19.2. The van der Waals surface area contributed by atoms with Crippen LogP contribution in [0.1, 0.15) is 18.9 Å². The fourth-order valence-electron chi connectivity index (χ4n) is 3.70. The van der Waals surface area contributed by atoms with E-state index in [4.69, 9.17) is 21.1 Å². The Labute approximate surface area is 203 Å². The first-order chi connectivity index (χ1) is 16.6. The molecule has 0 N–H and O–H groups in total. The summed E-state index contributed by atoms with van der Waals surface area (Å²) < 4.78 is 12.8. The maximum absolute atomic E-state index is 12.8. The summed E-state index contributed by atoms with van der Waals surface area (Å²) in [6.45, 7) is 4.98. The van der Waals surface area contributed by atoms with Crippen molar-refractivity contribution in [3.05, 3.63) is 59.1 Å². The molecule has 0 radical (unpaired) electrons. The van der Waals surface area contributed by atoms with E-state index in [1.54, 1.807) is 34.9 Å². The van der Waals surface area contributed by atoms with Crippen molar-refractivity contribution in [2.75, 3.05) is 44.8 Å². The van der Waals surface area contributed by atoms with E-state index >= 15 is 0 Å². The average molecular weight is 483 g/mol. The van der Waals surface area contributed by atoms with E-state index in [0.29, 0.717) is 55.3 Å². The summed E-state index contributed by atoms with van der Waals surface area (Å²) in [5.41, 5.74) is 1.66. The Morgan fingerprint density at radius 2 is 1.91 bits per heavy atom. The van der Waals surface area contributed by atoms with Gasteiger partial charge in [-0.2, -0.15) is 4.68 Å². The molecule has 1 aliphatic heterocycles. The highest BCUT2D eigenvalue weighted by Crippen LogP contribution is 2.37. The van der Waals surface area contributed by atoms with Gasteiger partial charge in [0.25, 0.3) is 0 Å². The molecule has 1 saturated heterocycles. The number of piperazine rings is 1. The van der Waals surface area contributed by atoms with Crippen molar-refractivity contribution in [1.29, 1.82) is 0 Å². The number of benzene rings is 2. The van der Waals surface area contributed by atoms with E-state index in [9.17, 15) is 4.79 Å². The normalized spacial score (nSPS) is 14.0. The van der Waals surface area contributed by atoms with Crippen molar-refractivity contribution in [2.45, 2.75) is 13.3 Å². The van der Waals surface area contributed by atoms with Gasteiger partial charge in [-0.15, -0.1) is 0 Å². The van der Waals surface area contributed by atoms with Crippen LogP contribution >= 0.6 is 11.6 Å². The summed E-state index contributed by atoms with van der Waals surface area (Å²) >= 11 is 6.38. The number of carbonyl (C=O) groups excluding carboxylic acids is 1. The predicted octanol–water partition coefficient (Wildman–Crippen LogP) is 3.48. The number of methoxy groups -OCH3 is 1. The number of anilines is 1. The lowest BCUT2D eigenvalue weighted by atomic mass is 10.1. The molecule has 9 nitrogen and oxygen atoms in total. The molecule has 2 heterocycles. The summed E-state index contributed by atoms with van der Waals surface area (Å²) in [5.74, 6) is 1.66. The lowest BCUT2D eigenvalue weighted by Crippen LogP contribution is -2.49. The Hall–Kier alpha value is -3.59. The van der Waals surface area contributed by atoms with Gasteiger partial charge in [0.15, 0.2) is 11.5 Å². The summed E-state index contributed by atoms with van der Waals surface area (Å²) in [5, 5.41) is 12.6. The van der Waals surface area contributed by atoms with Crippen molar-refractivity contribution in [1.82, 2.24) is 25.1 Å². The number of para-hydroxylation sites is 1. The number of halogens is 1. The molecule has 10 heteroatoms. The van der Waals surface area contributed by atoms with Crippen LogP contribution in [0.5, 0.6) is 11.5 Å². The smallest absolute Gasteiger partial charge is 0.250 e. The quantitative estimate of drug-likeness (QED) is 0.454. The molecule has 3 aromatic rings. The molecule has 178 valence electrons. The van der Waals surface area contributed by atoms with Gasteiger partial charge in [-0.25, -0.2) is 0 Å². The zero-order valence-corrected chi connectivity index (χ0v) is 20.0. The molecule has 0 saturated carbocycles. The summed E-state index contributed by atoms with van der Waals surface area (Å²) in [6, 6.07) is 13.3. The Morgan fingerprint density at radius 3 is 2.62 bits per heavy atom. The van der Waals surface area contributed by atoms with Crippen LogP contribution in [-0.4, -0.2) is 70.9 Å². The largest absolute Gasteiger partial charge is 0.493 e. The van der Waals surface area contributed by atoms with Crippen molar-refractivity contribution in [3.63, 3.8) is 0 Å². The Bertz CT molecular complexity index is 1140. The van der Waals surface area contributed by atoms with Gasteiger partial charge >= 0.3 is 0 Å². The van der Waals surface area contributed by atoms with Gasteiger partial charge < -0.3 is 19.3 Å². The Balaban J connectivity index is 1.38. The van der Waals surface area contributed by atoms with Crippen molar-refractivity contribution < 1.29 is 14.3 Å². The maximum Gasteiger partial charge on any atom is 0.250 e. The number of rotatable bonds is 8. The van der Waals surface area contributed by atoms with Crippen LogP contribution in [0.25, 0.3) is 11.8 Å². The van der Waals surface area contributed by atoms with Crippen LogP contribution in [0.3, 0.4) is 0 Å². The van der Waals surface area contributed by atoms with Gasteiger partial charge in [0.05, 0.1) is 24.4 Å². The van der Waals surface area contributed by atoms with Gasteiger partial charge in [0.1, 0.15) is 0 Å². The van der Waals surface area contributed by atoms with Crippen LogP contribution in [-0.2, 0) is 4.79 Å². The van der Waals surface area contributed by atoms with Gasteiger partial charge in [-0.05, 0) is 52.8 Å². The topological polar surface area (TPSA) is 85.6 Å². The second kappa shape index (κ2) is 11.0. The van der Waals surface area contributed by atoms with Gasteiger partial charge in [-0.3, -0.25) is 4.79 Å². The molecule has 1 aromatic heterocycles. The molecule has 4 rings (SSSR count). The number of hydrogen-bond donors (Lipinski definition) is 0. The van der Waals surface area contributed by atoms with Crippen LogP contribution in [0.15, 0.2) is 48.5 Å². The van der Waals surface area contributed by atoms with Gasteiger partial charge in [-0.1, -0.05) is 41.8 Å². The second-order valence-electron chi connectivity index (χ2n) is 7.75. The predicted molar refractivity (Wildman–Crippen MR) is 131 cm³/mol. The average Bonchev–Trinajstić information content (AvgIpc) is 3.37. The van der Waals surface area contributed by atoms with E-state index < -0.39 is 0 Å². The van der Waals surface area contributed by atoms with Crippen LogP contribution in [0.4, 0.5) is 5.95 Å². The minimum absolute atomic E-state index is 0.0660. The first-order valence-electron chi connectivity index (χ1n) is 11.2. The molecule has 34 heavy (non-hydrogen) atoms. The van der Waals surface area contributed by atoms with E-state index in [1.807, 2.05) is 43.3 Å². The third-order valence-electron chi connectivity index (χ3n) is 5.45. The molecule has 2 aromatic carbocycles. The molecular weight excluding hydrogens is 456 g/mol.